The number of halogens is 1. The van der Waals surface area contributed by atoms with E-state index in [-0.39, 0.29) is 12.0 Å². The Morgan fingerprint density at radius 2 is 2.09 bits per heavy atom. The molecule has 0 bridgehead atoms. The zero-order valence-electron chi connectivity index (χ0n) is 18.7. The molecule has 10 heteroatoms. The van der Waals surface area contributed by atoms with Gasteiger partial charge in [0.2, 0.25) is 5.95 Å². The first-order valence-corrected chi connectivity index (χ1v) is 11.6. The van der Waals surface area contributed by atoms with Crippen LogP contribution >= 0.6 is 11.6 Å². The summed E-state index contributed by atoms with van der Waals surface area (Å²) < 4.78 is 9.67. The molecule has 5 rings (SSSR count). The lowest BCUT2D eigenvalue weighted by Crippen LogP contribution is -2.37. The molecule has 0 amide bonds. The number of piperidine rings is 1. The van der Waals surface area contributed by atoms with Gasteiger partial charge in [-0.2, -0.15) is 24.7 Å². The molecule has 1 aromatic carbocycles. The van der Waals surface area contributed by atoms with Gasteiger partial charge >= 0.3 is 6.01 Å². The quantitative estimate of drug-likeness (QED) is 0.427. The molecule has 3 aromatic heterocycles. The molecular formula is C23H27ClN8O. The summed E-state index contributed by atoms with van der Waals surface area (Å²) >= 11 is 6.08. The zero-order valence-corrected chi connectivity index (χ0v) is 19.5. The van der Waals surface area contributed by atoms with E-state index in [1.807, 2.05) is 30.5 Å². The normalized spacial score (nSPS) is 16.4. The maximum Gasteiger partial charge on any atom is 0.322 e. The minimum absolute atomic E-state index is 0.0600. The van der Waals surface area contributed by atoms with Crippen molar-refractivity contribution in [2.45, 2.75) is 45.3 Å². The molecule has 1 unspecified atom stereocenters. The molecule has 33 heavy (non-hydrogen) atoms. The molecule has 0 radical (unpaired) electrons. The maximum atomic E-state index is 6.16. The lowest BCUT2D eigenvalue weighted by molar-refractivity contribution is 0.153. The molecule has 1 aliphatic heterocycles. The van der Waals surface area contributed by atoms with Crippen LogP contribution in [0.15, 0.2) is 42.9 Å². The van der Waals surface area contributed by atoms with Gasteiger partial charge < -0.3 is 15.4 Å². The SMILES string of the molecule is CC(C)c1cnn2c(NCc3ccccc3-n3cc(Cl)cn3)nc(OC3CCCNC3)nc12. The number of hydrogen-bond acceptors (Lipinski definition) is 7. The number of nitrogens with one attached hydrogen (secondary N) is 2. The molecule has 0 spiro atoms. The van der Waals surface area contributed by atoms with Crippen LogP contribution in [-0.2, 0) is 6.54 Å². The van der Waals surface area contributed by atoms with Crippen LogP contribution in [0.5, 0.6) is 6.01 Å². The Hall–Kier alpha value is -3.17. The summed E-state index contributed by atoms with van der Waals surface area (Å²) in [5, 5.41) is 16.3. The van der Waals surface area contributed by atoms with E-state index in [0.29, 0.717) is 23.5 Å². The summed E-state index contributed by atoms with van der Waals surface area (Å²) in [6.45, 7) is 6.59. The molecule has 4 heterocycles. The van der Waals surface area contributed by atoms with Crippen molar-refractivity contribution < 1.29 is 4.74 Å². The van der Waals surface area contributed by atoms with Crippen LogP contribution in [0, 0.1) is 0 Å². The number of anilines is 1. The molecule has 1 aliphatic rings. The predicted octanol–water partition coefficient (Wildman–Crippen LogP) is 3.83. The fraction of sp³-hybridized carbons (Fsp3) is 0.391. The summed E-state index contributed by atoms with van der Waals surface area (Å²) in [6.07, 6.45) is 7.39. The van der Waals surface area contributed by atoms with Crippen molar-refractivity contribution in [1.29, 1.82) is 0 Å². The second kappa shape index (κ2) is 9.36. The van der Waals surface area contributed by atoms with Crippen molar-refractivity contribution in [1.82, 2.24) is 34.7 Å². The smallest absolute Gasteiger partial charge is 0.322 e. The van der Waals surface area contributed by atoms with Gasteiger partial charge in [0.15, 0.2) is 5.65 Å². The van der Waals surface area contributed by atoms with Crippen molar-refractivity contribution >= 4 is 23.2 Å². The van der Waals surface area contributed by atoms with E-state index in [0.717, 1.165) is 48.4 Å². The van der Waals surface area contributed by atoms with Gasteiger partial charge in [-0.3, -0.25) is 0 Å². The largest absolute Gasteiger partial charge is 0.459 e. The van der Waals surface area contributed by atoms with Gasteiger partial charge in [-0.15, -0.1) is 0 Å². The second-order valence-corrected chi connectivity index (χ2v) is 8.93. The molecule has 2 N–H and O–H groups in total. The zero-order chi connectivity index (χ0) is 22.8. The highest BCUT2D eigenvalue weighted by molar-refractivity contribution is 6.30. The highest BCUT2D eigenvalue weighted by Crippen LogP contribution is 2.24. The lowest BCUT2D eigenvalue weighted by Gasteiger charge is -2.23. The third-order valence-electron chi connectivity index (χ3n) is 5.75. The molecule has 172 valence electrons. The van der Waals surface area contributed by atoms with E-state index in [9.17, 15) is 0 Å². The third kappa shape index (κ3) is 4.65. The average Bonchev–Trinajstić information content (AvgIpc) is 3.45. The van der Waals surface area contributed by atoms with Gasteiger partial charge in [-0.05, 0) is 36.9 Å². The van der Waals surface area contributed by atoms with E-state index < -0.39 is 0 Å². The number of para-hydroxylation sites is 1. The Morgan fingerprint density at radius 1 is 1.21 bits per heavy atom. The molecular weight excluding hydrogens is 440 g/mol. The number of rotatable bonds is 7. The van der Waals surface area contributed by atoms with Gasteiger partial charge in [0.1, 0.15) is 6.10 Å². The first-order chi connectivity index (χ1) is 16.1. The maximum absolute atomic E-state index is 6.16. The van der Waals surface area contributed by atoms with Crippen LogP contribution < -0.4 is 15.4 Å². The molecule has 1 saturated heterocycles. The highest BCUT2D eigenvalue weighted by atomic mass is 35.5. The minimum Gasteiger partial charge on any atom is -0.459 e. The van der Waals surface area contributed by atoms with Gasteiger partial charge in [0, 0.05) is 24.8 Å². The van der Waals surface area contributed by atoms with E-state index in [2.05, 4.69) is 39.7 Å². The predicted molar refractivity (Wildman–Crippen MR) is 127 cm³/mol. The first kappa shape index (κ1) is 21.7. The van der Waals surface area contributed by atoms with E-state index in [4.69, 9.17) is 21.3 Å². The van der Waals surface area contributed by atoms with Crippen molar-refractivity contribution in [3.8, 4) is 11.7 Å². The van der Waals surface area contributed by atoms with E-state index in [1.54, 1.807) is 21.6 Å². The van der Waals surface area contributed by atoms with Crippen LogP contribution in [0.1, 0.15) is 43.7 Å². The number of hydrogen-bond donors (Lipinski definition) is 2. The second-order valence-electron chi connectivity index (χ2n) is 8.49. The number of fused-ring (bicyclic) bond motifs is 1. The summed E-state index contributed by atoms with van der Waals surface area (Å²) in [5.74, 6) is 0.860. The monoisotopic (exact) mass is 466 g/mol. The van der Waals surface area contributed by atoms with Crippen LogP contribution in [-0.4, -0.2) is 48.6 Å². The Kier molecular flexibility index (Phi) is 6.15. The highest BCUT2D eigenvalue weighted by Gasteiger charge is 2.20. The number of nitrogens with zero attached hydrogens (tertiary/aromatic N) is 6. The van der Waals surface area contributed by atoms with Crippen LogP contribution in [0.25, 0.3) is 11.3 Å². The van der Waals surface area contributed by atoms with Crippen molar-refractivity contribution in [3.05, 3.63) is 59.0 Å². The molecule has 1 fully saturated rings. The number of aromatic nitrogens is 6. The number of benzene rings is 1. The average molecular weight is 467 g/mol. The fourth-order valence-electron chi connectivity index (χ4n) is 4.01. The van der Waals surface area contributed by atoms with Crippen LogP contribution in [0.3, 0.4) is 0 Å². The first-order valence-electron chi connectivity index (χ1n) is 11.2. The topological polar surface area (TPSA) is 94.2 Å². The molecule has 4 aromatic rings. The lowest BCUT2D eigenvalue weighted by atomic mass is 10.1. The Morgan fingerprint density at radius 3 is 2.85 bits per heavy atom. The van der Waals surface area contributed by atoms with Gasteiger partial charge in [0.05, 0.1) is 23.1 Å². The van der Waals surface area contributed by atoms with Crippen LogP contribution in [0.4, 0.5) is 5.95 Å². The van der Waals surface area contributed by atoms with E-state index >= 15 is 0 Å². The Balaban J connectivity index is 1.46. The van der Waals surface area contributed by atoms with Gasteiger partial charge in [-0.25, -0.2) is 4.68 Å². The molecule has 0 aliphatic carbocycles. The van der Waals surface area contributed by atoms with Crippen molar-refractivity contribution in [3.63, 3.8) is 0 Å². The molecule has 0 saturated carbocycles. The summed E-state index contributed by atoms with van der Waals surface area (Å²) in [6, 6.07) is 8.39. The van der Waals surface area contributed by atoms with Gasteiger partial charge in [-0.1, -0.05) is 43.6 Å². The van der Waals surface area contributed by atoms with E-state index in [1.165, 1.54) is 0 Å². The summed E-state index contributed by atoms with van der Waals surface area (Å²) in [5.41, 5.74) is 3.79. The Labute approximate surface area is 197 Å². The fourth-order valence-corrected chi connectivity index (χ4v) is 4.15. The molecule has 1 atom stereocenters. The number of ether oxygens (including phenoxy) is 1. The summed E-state index contributed by atoms with van der Waals surface area (Å²) in [4.78, 5) is 9.38. The van der Waals surface area contributed by atoms with Crippen LogP contribution in [0.2, 0.25) is 5.02 Å². The standard InChI is InChI=1S/C23H27ClN8O/c1-15(2)19-13-28-32-21(19)29-23(33-18-7-5-9-25-12-18)30-22(32)26-10-16-6-3-4-8-20(16)31-14-17(24)11-27-31/h3-4,6,8,11,13-15,18,25H,5,7,9-10,12H2,1-2H3,(H,26,29,30). The van der Waals surface area contributed by atoms with Crippen molar-refractivity contribution in [2.24, 2.45) is 0 Å². The molecule has 9 nitrogen and oxygen atoms in total. The van der Waals surface area contributed by atoms with Crippen molar-refractivity contribution in [2.75, 3.05) is 18.4 Å². The van der Waals surface area contributed by atoms with Gasteiger partial charge in [0.25, 0.3) is 0 Å². The summed E-state index contributed by atoms with van der Waals surface area (Å²) in [7, 11) is 0. The minimum atomic E-state index is 0.0600. The Bertz CT molecular complexity index is 1240. The third-order valence-corrected chi connectivity index (χ3v) is 5.94.